The van der Waals surface area contributed by atoms with Gasteiger partial charge in [-0.2, -0.15) is 13.2 Å². The Bertz CT molecular complexity index is 375. The average molecular weight is 263 g/mol. The quantitative estimate of drug-likeness (QED) is 0.712. The van der Waals surface area contributed by atoms with Crippen LogP contribution in [0.15, 0.2) is 22.7 Å². The highest BCUT2D eigenvalue weighted by Crippen LogP contribution is 2.33. The van der Waals surface area contributed by atoms with Gasteiger partial charge in [-0.1, -0.05) is 22.0 Å². The molecule has 0 fully saturated rings. The van der Waals surface area contributed by atoms with Gasteiger partial charge in [0.2, 0.25) is 0 Å². The number of hydrogen-bond acceptors (Lipinski definition) is 1. The lowest BCUT2D eigenvalue weighted by molar-refractivity contribution is -0.137. The highest BCUT2D eigenvalue weighted by Gasteiger charge is 2.34. The Hall–Kier alpha value is -0.775. The van der Waals surface area contributed by atoms with Crippen LogP contribution in [-0.2, 0) is 6.18 Å². The number of rotatable bonds is 1. The molecule has 1 aromatic rings. The summed E-state index contributed by atoms with van der Waals surface area (Å²) in [7, 11) is 4.81. The van der Waals surface area contributed by atoms with Crippen molar-refractivity contribution in [3.8, 4) is 0 Å². The molecule has 0 aliphatic carbocycles. The van der Waals surface area contributed by atoms with Gasteiger partial charge in [0.1, 0.15) is 5.68 Å². The fraction of sp³-hybridized carbons (Fsp3) is 0.125. The number of alkyl halides is 3. The monoisotopic (exact) mass is 262 g/mol. The molecule has 0 spiro atoms. The summed E-state index contributed by atoms with van der Waals surface area (Å²) in [6.45, 7) is 0. The molecule has 0 saturated carbocycles. The summed E-state index contributed by atoms with van der Waals surface area (Å²) in [5, 5.41) is 0. The second-order valence-corrected chi connectivity index (χ2v) is 3.47. The van der Waals surface area contributed by atoms with Gasteiger partial charge in [0.15, 0.2) is 7.85 Å². The van der Waals surface area contributed by atoms with E-state index >= 15 is 0 Å². The third-order valence-electron chi connectivity index (χ3n) is 1.55. The molecule has 0 aromatic heterocycles. The fourth-order valence-corrected chi connectivity index (χ4v) is 1.33. The topological polar surface area (TPSA) is 17.1 Å². The minimum absolute atomic E-state index is 0.245. The Morgan fingerprint density at radius 1 is 1.36 bits per heavy atom. The summed E-state index contributed by atoms with van der Waals surface area (Å²) in [6, 6.07) is 3.19. The van der Waals surface area contributed by atoms with Gasteiger partial charge in [-0.3, -0.25) is 0 Å². The second kappa shape index (κ2) is 3.77. The van der Waals surface area contributed by atoms with Gasteiger partial charge >= 0.3 is 6.18 Å². The third kappa shape index (κ3) is 2.38. The SMILES string of the molecule is [B]C(=O)c1ccc(Br)cc1C(F)(F)F. The van der Waals surface area contributed by atoms with Crippen molar-refractivity contribution in [1.82, 2.24) is 0 Å². The lowest BCUT2D eigenvalue weighted by Gasteiger charge is -2.11. The van der Waals surface area contributed by atoms with E-state index in [1.807, 2.05) is 0 Å². The molecular formula is C8H3BBrF3O. The fourth-order valence-electron chi connectivity index (χ4n) is 0.966. The minimum Gasteiger partial charge on any atom is -0.307 e. The van der Waals surface area contributed by atoms with E-state index in [4.69, 9.17) is 7.85 Å². The lowest BCUT2D eigenvalue weighted by Crippen LogP contribution is -2.13. The summed E-state index contributed by atoms with van der Waals surface area (Å²) in [6.07, 6.45) is -4.58. The molecule has 0 bridgehead atoms. The van der Waals surface area contributed by atoms with E-state index in [0.717, 1.165) is 12.1 Å². The molecule has 0 saturated heterocycles. The Labute approximate surface area is 87.8 Å². The minimum atomic E-state index is -4.58. The van der Waals surface area contributed by atoms with E-state index in [2.05, 4.69) is 15.9 Å². The Morgan fingerprint density at radius 2 is 1.93 bits per heavy atom. The number of hydrogen-bond donors (Lipinski definition) is 0. The molecule has 0 N–H and O–H groups in total. The first-order valence-corrected chi connectivity index (χ1v) is 4.28. The zero-order valence-electron chi connectivity index (χ0n) is 6.73. The molecule has 1 nitrogen and oxygen atoms in total. The lowest BCUT2D eigenvalue weighted by atomic mass is 9.91. The van der Waals surface area contributed by atoms with Crippen LogP contribution in [0.5, 0.6) is 0 Å². The van der Waals surface area contributed by atoms with Crippen molar-refractivity contribution in [2.75, 3.05) is 0 Å². The smallest absolute Gasteiger partial charge is 0.307 e. The maximum absolute atomic E-state index is 12.4. The van der Waals surface area contributed by atoms with Crippen LogP contribution in [0.25, 0.3) is 0 Å². The molecule has 0 amide bonds. The molecule has 1 rings (SSSR count). The van der Waals surface area contributed by atoms with Gasteiger partial charge in [0, 0.05) is 10.0 Å². The van der Waals surface area contributed by atoms with Gasteiger partial charge < -0.3 is 4.79 Å². The number of carbonyl (C=O) groups excluding carboxylic acids is 1. The summed E-state index contributed by atoms with van der Waals surface area (Å²) < 4.78 is 37.3. The van der Waals surface area contributed by atoms with Crippen molar-refractivity contribution in [2.45, 2.75) is 6.18 Å². The molecule has 0 unspecified atom stereocenters. The van der Waals surface area contributed by atoms with Crippen LogP contribution in [0.4, 0.5) is 13.2 Å². The van der Waals surface area contributed by atoms with E-state index in [9.17, 15) is 18.0 Å². The van der Waals surface area contributed by atoms with Crippen LogP contribution >= 0.6 is 15.9 Å². The van der Waals surface area contributed by atoms with Crippen LogP contribution in [-0.4, -0.2) is 13.5 Å². The van der Waals surface area contributed by atoms with Crippen molar-refractivity contribution in [1.29, 1.82) is 0 Å². The van der Waals surface area contributed by atoms with Crippen LogP contribution in [0.2, 0.25) is 0 Å². The van der Waals surface area contributed by atoms with Crippen molar-refractivity contribution in [3.05, 3.63) is 33.8 Å². The van der Waals surface area contributed by atoms with Gasteiger partial charge in [-0.25, -0.2) is 0 Å². The molecule has 6 heteroatoms. The molecule has 1 aromatic carbocycles. The predicted molar refractivity (Wildman–Crippen MR) is 49.2 cm³/mol. The maximum Gasteiger partial charge on any atom is 0.417 e. The van der Waals surface area contributed by atoms with Crippen LogP contribution in [0.1, 0.15) is 15.9 Å². The molecule has 0 atom stereocenters. The maximum atomic E-state index is 12.4. The largest absolute Gasteiger partial charge is 0.417 e. The second-order valence-electron chi connectivity index (χ2n) is 2.55. The Morgan fingerprint density at radius 3 is 2.36 bits per heavy atom. The summed E-state index contributed by atoms with van der Waals surface area (Å²) in [5.74, 6) is 0. The molecule has 0 aliphatic heterocycles. The first kappa shape index (κ1) is 11.3. The Balaban J connectivity index is 3.38. The van der Waals surface area contributed by atoms with Crippen molar-refractivity contribution < 1.29 is 18.0 Å². The van der Waals surface area contributed by atoms with E-state index in [-0.39, 0.29) is 4.47 Å². The van der Waals surface area contributed by atoms with Gasteiger partial charge in [-0.05, 0) is 12.1 Å². The highest BCUT2D eigenvalue weighted by molar-refractivity contribution is 9.10. The number of halogens is 4. The van der Waals surface area contributed by atoms with Crippen molar-refractivity contribution >= 4 is 29.5 Å². The number of benzene rings is 1. The molecular weight excluding hydrogens is 260 g/mol. The molecule has 0 heterocycles. The average Bonchev–Trinajstić information content (AvgIpc) is 2.01. The van der Waals surface area contributed by atoms with Gasteiger partial charge in [-0.15, -0.1) is 0 Å². The zero-order chi connectivity index (χ0) is 10.9. The van der Waals surface area contributed by atoms with Crippen LogP contribution in [0, 0.1) is 0 Å². The van der Waals surface area contributed by atoms with E-state index < -0.39 is 23.0 Å². The first-order chi connectivity index (χ1) is 6.32. The van der Waals surface area contributed by atoms with Crippen molar-refractivity contribution in [2.24, 2.45) is 0 Å². The van der Waals surface area contributed by atoms with Crippen molar-refractivity contribution in [3.63, 3.8) is 0 Å². The van der Waals surface area contributed by atoms with Crippen LogP contribution in [0.3, 0.4) is 0 Å². The van der Waals surface area contributed by atoms with Gasteiger partial charge in [0.05, 0.1) is 5.56 Å². The van der Waals surface area contributed by atoms with E-state index in [1.54, 1.807) is 0 Å². The van der Waals surface area contributed by atoms with E-state index in [0.29, 0.717) is 0 Å². The molecule has 72 valence electrons. The number of carbonyl (C=O) groups is 1. The third-order valence-corrected chi connectivity index (χ3v) is 2.05. The summed E-state index contributed by atoms with van der Waals surface area (Å²) in [5.41, 5.74) is -2.65. The predicted octanol–water partition coefficient (Wildman–Crippen LogP) is 2.78. The van der Waals surface area contributed by atoms with E-state index in [1.165, 1.54) is 6.07 Å². The molecule has 0 aliphatic rings. The molecule has 2 radical (unpaired) electrons. The normalized spacial score (nSPS) is 11.4. The summed E-state index contributed by atoms with van der Waals surface area (Å²) >= 11 is 2.89. The Kier molecular flexibility index (Phi) is 3.04. The first-order valence-electron chi connectivity index (χ1n) is 3.49. The standard InChI is InChI=1S/C8H3BBrF3O/c9-7(14)5-2-1-4(10)3-6(5)8(11,12)13/h1-3H. The summed E-state index contributed by atoms with van der Waals surface area (Å²) in [4.78, 5) is 10.7. The van der Waals surface area contributed by atoms with Crippen LogP contribution < -0.4 is 0 Å². The molecule has 14 heavy (non-hydrogen) atoms. The zero-order valence-corrected chi connectivity index (χ0v) is 8.32. The van der Waals surface area contributed by atoms with Gasteiger partial charge in [0.25, 0.3) is 0 Å². The highest BCUT2D eigenvalue weighted by atomic mass is 79.9.